The molecule has 27 heavy (non-hydrogen) atoms. The average Bonchev–Trinajstić information content (AvgIpc) is 3.17. The Kier molecular flexibility index (Phi) is 4.54. The van der Waals surface area contributed by atoms with Crippen LogP contribution in [-0.4, -0.2) is 20.1 Å². The van der Waals surface area contributed by atoms with E-state index in [0.29, 0.717) is 18.3 Å². The molecular formula is C21H21N5O. The van der Waals surface area contributed by atoms with Crippen molar-refractivity contribution in [2.24, 2.45) is 0 Å². The van der Waals surface area contributed by atoms with Crippen LogP contribution in [-0.2, 0) is 6.54 Å². The molecule has 3 heterocycles. The molecule has 0 aliphatic rings. The van der Waals surface area contributed by atoms with Crippen molar-refractivity contribution in [3.63, 3.8) is 0 Å². The van der Waals surface area contributed by atoms with E-state index in [9.17, 15) is 0 Å². The van der Waals surface area contributed by atoms with Gasteiger partial charge in [-0.2, -0.15) is 4.98 Å². The molecule has 1 N–H and O–H groups in total. The Morgan fingerprint density at radius 2 is 1.96 bits per heavy atom. The fraction of sp³-hybridized carbons (Fsp3) is 0.238. The van der Waals surface area contributed by atoms with Crippen molar-refractivity contribution >= 4 is 16.7 Å². The lowest BCUT2D eigenvalue weighted by atomic mass is 10.1. The van der Waals surface area contributed by atoms with Crippen molar-refractivity contribution in [3.8, 4) is 11.4 Å². The van der Waals surface area contributed by atoms with E-state index in [0.717, 1.165) is 33.5 Å². The van der Waals surface area contributed by atoms with Crippen molar-refractivity contribution in [2.45, 2.75) is 33.2 Å². The summed E-state index contributed by atoms with van der Waals surface area (Å²) in [5, 5.41) is 8.61. The Hall–Kier alpha value is -3.28. The van der Waals surface area contributed by atoms with E-state index >= 15 is 0 Å². The molecule has 3 aromatic heterocycles. The molecule has 6 heteroatoms. The average molecular weight is 359 g/mol. The monoisotopic (exact) mass is 359 g/mol. The highest BCUT2D eigenvalue weighted by Gasteiger charge is 2.17. The fourth-order valence-corrected chi connectivity index (χ4v) is 2.91. The maximum atomic E-state index is 5.41. The summed E-state index contributed by atoms with van der Waals surface area (Å²) in [6.45, 7) is 6.68. The lowest BCUT2D eigenvalue weighted by Crippen LogP contribution is -2.05. The van der Waals surface area contributed by atoms with Gasteiger partial charge >= 0.3 is 0 Å². The van der Waals surface area contributed by atoms with Crippen molar-refractivity contribution in [2.75, 3.05) is 5.32 Å². The summed E-state index contributed by atoms with van der Waals surface area (Å²) in [6.07, 6.45) is 1.78. The summed E-state index contributed by atoms with van der Waals surface area (Å²) in [6, 6.07) is 14.0. The zero-order valence-electron chi connectivity index (χ0n) is 15.6. The van der Waals surface area contributed by atoms with E-state index < -0.39 is 0 Å². The first-order valence-corrected chi connectivity index (χ1v) is 9.00. The van der Waals surface area contributed by atoms with Gasteiger partial charge in [-0.3, -0.25) is 4.98 Å². The predicted molar refractivity (Wildman–Crippen MR) is 105 cm³/mol. The largest absolute Gasteiger partial charge is 0.364 e. The molecule has 1 aromatic carbocycles. The number of anilines is 1. The zero-order valence-corrected chi connectivity index (χ0v) is 15.6. The number of hydrogen-bond acceptors (Lipinski definition) is 6. The highest BCUT2D eigenvalue weighted by molar-refractivity contribution is 5.89. The molecule has 0 bridgehead atoms. The van der Waals surface area contributed by atoms with Crippen LogP contribution >= 0.6 is 0 Å². The molecule has 4 rings (SSSR count). The second-order valence-electron chi connectivity index (χ2n) is 6.82. The predicted octanol–water partition coefficient (Wildman–Crippen LogP) is 4.72. The number of rotatable bonds is 5. The van der Waals surface area contributed by atoms with Crippen LogP contribution in [0.5, 0.6) is 0 Å². The van der Waals surface area contributed by atoms with Crippen LogP contribution in [0.25, 0.3) is 22.3 Å². The van der Waals surface area contributed by atoms with Gasteiger partial charge in [-0.15, -0.1) is 0 Å². The van der Waals surface area contributed by atoms with Crippen LogP contribution in [0.4, 0.5) is 5.82 Å². The Morgan fingerprint density at radius 1 is 1.07 bits per heavy atom. The Balaban J connectivity index is 1.79. The van der Waals surface area contributed by atoms with Crippen LogP contribution in [0.1, 0.15) is 36.9 Å². The van der Waals surface area contributed by atoms with Gasteiger partial charge in [0.15, 0.2) is 0 Å². The van der Waals surface area contributed by atoms with Gasteiger partial charge in [0.25, 0.3) is 0 Å². The molecule has 0 radical (unpaired) electrons. The summed E-state index contributed by atoms with van der Waals surface area (Å²) >= 11 is 0. The van der Waals surface area contributed by atoms with Gasteiger partial charge in [0.2, 0.25) is 11.7 Å². The van der Waals surface area contributed by atoms with Crippen LogP contribution in [0.2, 0.25) is 0 Å². The molecular weight excluding hydrogens is 338 g/mol. The first kappa shape index (κ1) is 17.1. The summed E-state index contributed by atoms with van der Waals surface area (Å²) in [4.78, 5) is 13.8. The zero-order chi connectivity index (χ0) is 18.8. The number of aromatic nitrogens is 4. The first-order valence-electron chi connectivity index (χ1n) is 9.00. The lowest BCUT2D eigenvalue weighted by Gasteiger charge is -2.11. The van der Waals surface area contributed by atoms with Crippen molar-refractivity contribution in [1.82, 2.24) is 20.1 Å². The van der Waals surface area contributed by atoms with E-state index in [1.54, 1.807) is 6.20 Å². The van der Waals surface area contributed by atoms with Gasteiger partial charge < -0.3 is 9.84 Å². The molecule has 0 saturated carbocycles. The van der Waals surface area contributed by atoms with Gasteiger partial charge in [-0.25, -0.2) is 4.98 Å². The van der Waals surface area contributed by atoms with Crippen molar-refractivity contribution in [1.29, 1.82) is 0 Å². The molecule has 0 unspecified atom stereocenters. The molecule has 0 aliphatic carbocycles. The van der Waals surface area contributed by atoms with E-state index in [1.165, 1.54) is 0 Å². The molecule has 0 fully saturated rings. The van der Waals surface area contributed by atoms with E-state index in [4.69, 9.17) is 9.51 Å². The van der Waals surface area contributed by atoms with Gasteiger partial charge in [-0.05, 0) is 30.7 Å². The van der Waals surface area contributed by atoms with Gasteiger partial charge in [0.1, 0.15) is 5.82 Å². The van der Waals surface area contributed by atoms with E-state index in [1.807, 2.05) is 44.2 Å². The third-order valence-corrected chi connectivity index (χ3v) is 4.39. The maximum Gasteiger partial charge on any atom is 0.229 e. The third kappa shape index (κ3) is 3.51. The number of para-hydroxylation sites is 1. The first-order chi connectivity index (χ1) is 13.1. The Bertz CT molecular complexity index is 1070. The van der Waals surface area contributed by atoms with Gasteiger partial charge in [0, 0.05) is 17.5 Å². The second kappa shape index (κ2) is 7.15. The molecule has 136 valence electrons. The van der Waals surface area contributed by atoms with Crippen molar-refractivity contribution < 1.29 is 4.52 Å². The van der Waals surface area contributed by atoms with Crippen LogP contribution in [0.3, 0.4) is 0 Å². The topological polar surface area (TPSA) is 76.7 Å². The fourth-order valence-electron chi connectivity index (χ4n) is 2.91. The van der Waals surface area contributed by atoms with Gasteiger partial charge in [0.05, 0.1) is 23.3 Å². The van der Waals surface area contributed by atoms with Crippen LogP contribution < -0.4 is 5.32 Å². The quantitative estimate of drug-likeness (QED) is 0.555. The SMILES string of the molecule is Cc1cccc2cc(-c3noc(C(C)C)n3)c(NCc3ccccn3)nc12. The Labute approximate surface area is 157 Å². The number of fused-ring (bicyclic) bond motifs is 1. The van der Waals surface area contributed by atoms with Gasteiger partial charge in [-0.1, -0.05) is 43.3 Å². The highest BCUT2D eigenvalue weighted by atomic mass is 16.5. The normalized spacial score (nSPS) is 11.3. The third-order valence-electron chi connectivity index (χ3n) is 4.39. The molecule has 0 spiro atoms. The number of aryl methyl sites for hydroxylation is 1. The number of nitrogens with zero attached hydrogens (tertiary/aromatic N) is 4. The Morgan fingerprint density at radius 3 is 2.70 bits per heavy atom. The highest BCUT2D eigenvalue weighted by Crippen LogP contribution is 2.30. The summed E-state index contributed by atoms with van der Waals surface area (Å²) in [7, 11) is 0. The molecule has 0 amide bonds. The summed E-state index contributed by atoms with van der Waals surface area (Å²) in [5.74, 6) is 2.05. The van der Waals surface area contributed by atoms with Crippen LogP contribution in [0, 0.1) is 6.92 Å². The number of benzene rings is 1. The van der Waals surface area contributed by atoms with E-state index in [-0.39, 0.29) is 5.92 Å². The maximum absolute atomic E-state index is 5.41. The molecule has 0 atom stereocenters. The second-order valence-corrected chi connectivity index (χ2v) is 6.82. The minimum Gasteiger partial charge on any atom is -0.364 e. The molecule has 0 aliphatic heterocycles. The summed E-state index contributed by atoms with van der Waals surface area (Å²) in [5.41, 5.74) is 3.83. The molecule has 4 aromatic rings. The number of nitrogens with one attached hydrogen (secondary N) is 1. The molecule has 0 saturated heterocycles. The number of pyridine rings is 2. The number of hydrogen-bond donors (Lipinski definition) is 1. The lowest BCUT2D eigenvalue weighted by molar-refractivity contribution is 0.365. The van der Waals surface area contributed by atoms with E-state index in [2.05, 4.69) is 39.5 Å². The smallest absolute Gasteiger partial charge is 0.229 e. The minimum absolute atomic E-state index is 0.173. The van der Waals surface area contributed by atoms with Crippen molar-refractivity contribution in [3.05, 3.63) is 65.8 Å². The standard InChI is InChI=1S/C21H21N5O/c1-13(2)21-25-20(26-27-21)17-11-15-8-6-7-14(3)18(15)24-19(17)23-12-16-9-4-5-10-22-16/h4-11,13H,12H2,1-3H3,(H,23,24). The summed E-state index contributed by atoms with van der Waals surface area (Å²) < 4.78 is 5.41. The minimum atomic E-state index is 0.173. The van der Waals surface area contributed by atoms with Crippen LogP contribution in [0.15, 0.2) is 53.2 Å². The molecule has 6 nitrogen and oxygen atoms in total.